The van der Waals surface area contributed by atoms with Crippen LogP contribution in [0.15, 0.2) is 42.5 Å². The fourth-order valence-electron chi connectivity index (χ4n) is 1.66. The molecule has 2 rings (SSSR count). The topological polar surface area (TPSA) is 53.2 Å². The molecule has 0 atom stereocenters. The van der Waals surface area contributed by atoms with E-state index in [0.717, 1.165) is 5.56 Å². The summed E-state index contributed by atoms with van der Waals surface area (Å²) in [6, 6.07) is 14.8. The summed E-state index contributed by atoms with van der Waals surface area (Å²) in [4.78, 5) is 0. The molecule has 0 fully saturated rings. The highest BCUT2D eigenvalue weighted by molar-refractivity contribution is 5.47. The van der Waals surface area contributed by atoms with Crippen LogP contribution in [-0.4, -0.2) is 5.11 Å². The molecule has 3 heteroatoms. The van der Waals surface area contributed by atoms with Crippen molar-refractivity contribution in [3.63, 3.8) is 0 Å². The Labute approximate surface area is 106 Å². The average Bonchev–Trinajstić information content (AvgIpc) is 2.39. The van der Waals surface area contributed by atoms with Gasteiger partial charge in [-0.1, -0.05) is 18.2 Å². The van der Waals surface area contributed by atoms with Crippen molar-refractivity contribution < 1.29 is 9.84 Å². The maximum absolute atomic E-state index is 9.06. The van der Waals surface area contributed by atoms with Crippen molar-refractivity contribution in [3.8, 4) is 17.6 Å². The summed E-state index contributed by atoms with van der Waals surface area (Å²) >= 11 is 0. The molecule has 0 amide bonds. The summed E-state index contributed by atoms with van der Waals surface area (Å²) in [5.74, 6) is 1.20. The van der Waals surface area contributed by atoms with Crippen molar-refractivity contribution in [2.24, 2.45) is 0 Å². The van der Waals surface area contributed by atoms with Crippen LogP contribution in [0.2, 0.25) is 0 Å². The van der Waals surface area contributed by atoms with Gasteiger partial charge in [-0.05, 0) is 42.3 Å². The Morgan fingerprint density at radius 3 is 2.72 bits per heavy atom. The lowest BCUT2D eigenvalue weighted by Gasteiger charge is -2.08. The second kappa shape index (κ2) is 5.35. The molecule has 0 aliphatic carbocycles. The summed E-state index contributed by atoms with van der Waals surface area (Å²) in [5.41, 5.74) is 2.21. The van der Waals surface area contributed by atoms with E-state index in [-0.39, 0.29) is 6.61 Å². The number of hydrogen-bond donors (Lipinski definition) is 1. The molecule has 0 unspecified atom stereocenters. The van der Waals surface area contributed by atoms with Gasteiger partial charge in [0.1, 0.15) is 17.6 Å². The first-order valence-electron chi connectivity index (χ1n) is 5.61. The Bertz CT molecular complexity index is 600. The Morgan fingerprint density at radius 1 is 1.22 bits per heavy atom. The molecule has 0 aliphatic heterocycles. The Hall–Kier alpha value is -2.31. The van der Waals surface area contributed by atoms with Gasteiger partial charge in [0.05, 0.1) is 12.2 Å². The molecule has 2 aromatic carbocycles. The predicted molar refractivity (Wildman–Crippen MR) is 68.3 cm³/mol. The smallest absolute Gasteiger partial charge is 0.145 e. The lowest BCUT2D eigenvalue weighted by Crippen LogP contribution is -1.91. The van der Waals surface area contributed by atoms with Crippen LogP contribution in [0.3, 0.4) is 0 Å². The van der Waals surface area contributed by atoms with Gasteiger partial charge in [0, 0.05) is 0 Å². The lowest BCUT2D eigenvalue weighted by molar-refractivity contribution is 0.281. The van der Waals surface area contributed by atoms with Crippen LogP contribution in [-0.2, 0) is 6.61 Å². The number of aryl methyl sites for hydroxylation is 1. The van der Waals surface area contributed by atoms with Crippen molar-refractivity contribution >= 4 is 0 Å². The van der Waals surface area contributed by atoms with Crippen molar-refractivity contribution in [2.45, 2.75) is 13.5 Å². The molecule has 0 radical (unpaired) electrons. The van der Waals surface area contributed by atoms with E-state index in [4.69, 9.17) is 15.1 Å². The van der Waals surface area contributed by atoms with Crippen LogP contribution in [0.25, 0.3) is 0 Å². The van der Waals surface area contributed by atoms with Gasteiger partial charge < -0.3 is 9.84 Å². The van der Waals surface area contributed by atoms with E-state index in [1.165, 1.54) is 0 Å². The zero-order valence-corrected chi connectivity index (χ0v) is 10.1. The fourth-order valence-corrected chi connectivity index (χ4v) is 1.66. The molecule has 18 heavy (non-hydrogen) atoms. The molecule has 0 spiro atoms. The van der Waals surface area contributed by atoms with Gasteiger partial charge in [-0.2, -0.15) is 5.26 Å². The van der Waals surface area contributed by atoms with E-state index in [1.54, 1.807) is 18.2 Å². The van der Waals surface area contributed by atoms with E-state index in [1.807, 2.05) is 31.2 Å². The zero-order valence-electron chi connectivity index (χ0n) is 10.1. The third kappa shape index (κ3) is 2.68. The average molecular weight is 239 g/mol. The van der Waals surface area contributed by atoms with Crippen molar-refractivity contribution in [2.75, 3.05) is 0 Å². The van der Waals surface area contributed by atoms with Crippen molar-refractivity contribution in [3.05, 3.63) is 59.2 Å². The van der Waals surface area contributed by atoms with Gasteiger partial charge in [-0.3, -0.25) is 0 Å². The van der Waals surface area contributed by atoms with E-state index < -0.39 is 0 Å². The largest absolute Gasteiger partial charge is 0.456 e. The molecule has 0 aliphatic rings. The lowest BCUT2D eigenvalue weighted by atomic mass is 10.1. The SMILES string of the molecule is Cc1cccc(Oc2ccc(CO)cc2C#N)c1. The van der Waals surface area contributed by atoms with Gasteiger partial charge in [0.15, 0.2) is 0 Å². The van der Waals surface area contributed by atoms with Crippen LogP contribution in [0.4, 0.5) is 0 Å². The summed E-state index contributed by atoms with van der Waals surface area (Å²) < 4.78 is 5.68. The number of nitriles is 1. The quantitative estimate of drug-likeness (QED) is 0.895. The molecule has 0 saturated heterocycles. The second-order valence-corrected chi connectivity index (χ2v) is 4.02. The van der Waals surface area contributed by atoms with Crippen LogP contribution in [0, 0.1) is 18.3 Å². The molecule has 3 nitrogen and oxygen atoms in total. The second-order valence-electron chi connectivity index (χ2n) is 4.02. The molecule has 1 N–H and O–H groups in total. The summed E-state index contributed by atoms with van der Waals surface area (Å²) in [7, 11) is 0. The predicted octanol–water partition coefficient (Wildman–Crippen LogP) is 3.15. The molecular formula is C15H13NO2. The van der Waals surface area contributed by atoms with E-state index in [9.17, 15) is 0 Å². The molecular weight excluding hydrogens is 226 g/mol. The Kier molecular flexibility index (Phi) is 3.61. The number of rotatable bonds is 3. The van der Waals surface area contributed by atoms with E-state index in [2.05, 4.69) is 6.07 Å². The first kappa shape index (κ1) is 12.2. The molecule has 0 heterocycles. The minimum atomic E-state index is -0.0839. The maximum atomic E-state index is 9.06. The minimum absolute atomic E-state index is 0.0839. The Balaban J connectivity index is 2.32. The third-order valence-electron chi connectivity index (χ3n) is 2.56. The van der Waals surface area contributed by atoms with Crippen LogP contribution in [0.1, 0.15) is 16.7 Å². The third-order valence-corrected chi connectivity index (χ3v) is 2.56. The van der Waals surface area contributed by atoms with E-state index in [0.29, 0.717) is 22.6 Å². The molecule has 0 bridgehead atoms. The minimum Gasteiger partial charge on any atom is -0.456 e. The van der Waals surface area contributed by atoms with Crippen molar-refractivity contribution in [1.29, 1.82) is 5.26 Å². The van der Waals surface area contributed by atoms with Gasteiger partial charge in [-0.15, -0.1) is 0 Å². The van der Waals surface area contributed by atoms with Gasteiger partial charge in [-0.25, -0.2) is 0 Å². The van der Waals surface area contributed by atoms with Crippen molar-refractivity contribution in [1.82, 2.24) is 0 Å². The summed E-state index contributed by atoms with van der Waals surface area (Å²) in [6.45, 7) is 1.90. The number of nitrogens with zero attached hydrogens (tertiary/aromatic N) is 1. The Morgan fingerprint density at radius 2 is 2.06 bits per heavy atom. The highest BCUT2D eigenvalue weighted by Crippen LogP contribution is 2.26. The summed E-state index contributed by atoms with van der Waals surface area (Å²) in [5, 5.41) is 18.1. The van der Waals surface area contributed by atoms with Crippen LogP contribution in [0.5, 0.6) is 11.5 Å². The first-order chi connectivity index (χ1) is 8.72. The number of benzene rings is 2. The number of aliphatic hydroxyl groups is 1. The van der Waals surface area contributed by atoms with Gasteiger partial charge in [0.2, 0.25) is 0 Å². The van der Waals surface area contributed by atoms with Gasteiger partial charge >= 0.3 is 0 Å². The number of ether oxygens (including phenoxy) is 1. The zero-order chi connectivity index (χ0) is 13.0. The molecule has 2 aromatic rings. The number of hydrogen-bond acceptors (Lipinski definition) is 3. The maximum Gasteiger partial charge on any atom is 0.145 e. The van der Waals surface area contributed by atoms with Crippen LogP contribution < -0.4 is 4.74 Å². The molecule has 0 saturated carbocycles. The number of aliphatic hydroxyl groups excluding tert-OH is 1. The summed E-state index contributed by atoms with van der Waals surface area (Å²) in [6.07, 6.45) is 0. The standard InChI is InChI=1S/C15H13NO2/c1-11-3-2-4-14(7-11)18-15-6-5-12(10-17)8-13(15)9-16/h2-8,17H,10H2,1H3. The fraction of sp³-hybridized carbons (Fsp3) is 0.133. The highest BCUT2D eigenvalue weighted by atomic mass is 16.5. The van der Waals surface area contributed by atoms with Gasteiger partial charge in [0.25, 0.3) is 0 Å². The van der Waals surface area contributed by atoms with Crippen LogP contribution >= 0.6 is 0 Å². The van der Waals surface area contributed by atoms with E-state index >= 15 is 0 Å². The highest BCUT2D eigenvalue weighted by Gasteiger charge is 2.06. The molecule has 0 aromatic heterocycles. The normalized spacial score (nSPS) is 9.83. The first-order valence-corrected chi connectivity index (χ1v) is 5.61. The monoisotopic (exact) mass is 239 g/mol. The molecule has 90 valence electrons.